The molecule has 1 aliphatic carbocycles. The number of nitrogens with zero attached hydrogens (tertiary/aromatic N) is 2. The maximum atomic E-state index is 13.0. The van der Waals surface area contributed by atoms with Gasteiger partial charge >= 0.3 is 0 Å². The molecule has 2 aromatic rings. The summed E-state index contributed by atoms with van der Waals surface area (Å²) >= 11 is 0. The molecule has 2 fully saturated rings. The Kier molecular flexibility index (Phi) is 5.41. The van der Waals surface area contributed by atoms with Crippen molar-refractivity contribution in [2.75, 3.05) is 13.1 Å². The van der Waals surface area contributed by atoms with E-state index >= 15 is 0 Å². The number of piperidine rings is 1. The SMILES string of the molecule is O=C(CCc1ncc(-c2ccc(F)cc2)o1)NC1CCN(C(=O)C2CC2)CC1. The average molecular weight is 385 g/mol. The van der Waals surface area contributed by atoms with Crippen molar-refractivity contribution in [3.63, 3.8) is 0 Å². The number of nitrogens with one attached hydrogen (secondary N) is 1. The van der Waals surface area contributed by atoms with E-state index in [-0.39, 0.29) is 29.6 Å². The van der Waals surface area contributed by atoms with Crippen LogP contribution in [0.3, 0.4) is 0 Å². The van der Waals surface area contributed by atoms with E-state index in [1.807, 2.05) is 4.90 Å². The maximum absolute atomic E-state index is 13.0. The zero-order chi connectivity index (χ0) is 19.5. The van der Waals surface area contributed by atoms with Gasteiger partial charge in [-0.25, -0.2) is 9.37 Å². The highest BCUT2D eigenvalue weighted by molar-refractivity contribution is 5.81. The lowest BCUT2D eigenvalue weighted by Gasteiger charge is -2.32. The second kappa shape index (κ2) is 8.12. The minimum Gasteiger partial charge on any atom is -0.441 e. The van der Waals surface area contributed by atoms with Gasteiger partial charge in [0.05, 0.1) is 6.20 Å². The van der Waals surface area contributed by atoms with Crippen LogP contribution >= 0.6 is 0 Å². The molecule has 7 heteroatoms. The summed E-state index contributed by atoms with van der Waals surface area (Å²) in [6.45, 7) is 1.45. The Labute approximate surface area is 163 Å². The molecule has 2 aliphatic rings. The van der Waals surface area contributed by atoms with Crippen LogP contribution in [0.25, 0.3) is 11.3 Å². The highest BCUT2D eigenvalue weighted by Crippen LogP contribution is 2.31. The molecule has 0 unspecified atom stereocenters. The number of aromatic nitrogens is 1. The fourth-order valence-corrected chi connectivity index (χ4v) is 3.53. The maximum Gasteiger partial charge on any atom is 0.225 e. The first-order valence-corrected chi connectivity index (χ1v) is 9.87. The summed E-state index contributed by atoms with van der Waals surface area (Å²) in [5, 5.41) is 3.05. The van der Waals surface area contributed by atoms with Crippen molar-refractivity contribution < 1.29 is 18.4 Å². The Hall–Kier alpha value is -2.70. The van der Waals surface area contributed by atoms with Gasteiger partial charge in [0.25, 0.3) is 0 Å². The van der Waals surface area contributed by atoms with Crippen LogP contribution in [0.2, 0.25) is 0 Å². The zero-order valence-corrected chi connectivity index (χ0v) is 15.7. The number of hydrogen-bond donors (Lipinski definition) is 1. The Morgan fingerprint density at radius 3 is 2.54 bits per heavy atom. The molecular weight excluding hydrogens is 361 g/mol. The number of carbonyl (C=O) groups is 2. The van der Waals surface area contributed by atoms with E-state index in [1.54, 1.807) is 18.3 Å². The Morgan fingerprint density at radius 2 is 1.86 bits per heavy atom. The summed E-state index contributed by atoms with van der Waals surface area (Å²) in [7, 11) is 0. The van der Waals surface area contributed by atoms with Crippen LogP contribution in [-0.2, 0) is 16.0 Å². The van der Waals surface area contributed by atoms with Crippen molar-refractivity contribution in [2.24, 2.45) is 5.92 Å². The van der Waals surface area contributed by atoms with Crippen LogP contribution in [0, 0.1) is 11.7 Å². The molecule has 0 spiro atoms. The summed E-state index contributed by atoms with van der Waals surface area (Å²) < 4.78 is 18.7. The van der Waals surface area contributed by atoms with E-state index in [0.29, 0.717) is 24.5 Å². The predicted octanol–water partition coefficient (Wildman–Crippen LogP) is 2.93. The number of halogens is 1. The number of likely N-dealkylation sites (tertiary alicyclic amines) is 1. The van der Waals surface area contributed by atoms with Gasteiger partial charge in [-0.15, -0.1) is 0 Å². The summed E-state index contributed by atoms with van der Waals surface area (Å²) in [5.74, 6) is 1.25. The predicted molar refractivity (Wildman–Crippen MR) is 101 cm³/mol. The van der Waals surface area contributed by atoms with Crippen LogP contribution in [0.1, 0.15) is 38.0 Å². The monoisotopic (exact) mass is 385 g/mol. The van der Waals surface area contributed by atoms with E-state index in [9.17, 15) is 14.0 Å². The normalized spacial score (nSPS) is 17.5. The molecular formula is C21H24FN3O3. The number of aryl methyl sites for hydroxylation is 1. The quantitative estimate of drug-likeness (QED) is 0.830. The topological polar surface area (TPSA) is 75.4 Å². The minimum absolute atomic E-state index is 0.0338. The van der Waals surface area contributed by atoms with Gasteiger partial charge in [-0.2, -0.15) is 0 Å². The summed E-state index contributed by atoms with van der Waals surface area (Å²) in [4.78, 5) is 30.4. The average Bonchev–Trinajstić information content (AvgIpc) is 3.45. The molecule has 1 saturated heterocycles. The molecule has 2 heterocycles. The van der Waals surface area contributed by atoms with Gasteiger partial charge in [0.1, 0.15) is 5.82 Å². The Bertz CT molecular complexity index is 837. The smallest absolute Gasteiger partial charge is 0.225 e. The molecule has 2 amide bonds. The van der Waals surface area contributed by atoms with Crippen LogP contribution in [-0.4, -0.2) is 40.8 Å². The van der Waals surface area contributed by atoms with Crippen molar-refractivity contribution in [2.45, 2.75) is 44.6 Å². The van der Waals surface area contributed by atoms with Crippen LogP contribution < -0.4 is 5.32 Å². The number of carbonyl (C=O) groups excluding carboxylic acids is 2. The van der Waals surface area contributed by atoms with Crippen LogP contribution in [0.4, 0.5) is 4.39 Å². The lowest BCUT2D eigenvalue weighted by molar-refractivity contribution is -0.133. The van der Waals surface area contributed by atoms with Crippen molar-refractivity contribution in [1.29, 1.82) is 0 Å². The lowest BCUT2D eigenvalue weighted by Crippen LogP contribution is -2.47. The molecule has 1 N–H and O–H groups in total. The van der Waals surface area contributed by atoms with Gasteiger partial charge in [0, 0.05) is 43.5 Å². The molecule has 1 aromatic heterocycles. The highest BCUT2D eigenvalue weighted by Gasteiger charge is 2.35. The standard InChI is InChI=1S/C21H24FN3O3/c22-16-5-3-14(4-6-16)18-13-23-20(28-18)8-7-19(26)24-17-9-11-25(12-10-17)21(27)15-1-2-15/h3-6,13,15,17H,1-2,7-12H2,(H,24,26). The third-order valence-electron chi connectivity index (χ3n) is 5.35. The van der Waals surface area contributed by atoms with Gasteiger partial charge < -0.3 is 14.6 Å². The van der Waals surface area contributed by atoms with Crippen molar-refractivity contribution in [1.82, 2.24) is 15.2 Å². The van der Waals surface area contributed by atoms with Crippen LogP contribution in [0.15, 0.2) is 34.9 Å². The van der Waals surface area contributed by atoms with Crippen LogP contribution in [0.5, 0.6) is 0 Å². The first-order valence-electron chi connectivity index (χ1n) is 9.87. The number of amides is 2. The molecule has 1 saturated carbocycles. The highest BCUT2D eigenvalue weighted by atomic mass is 19.1. The molecule has 148 valence electrons. The van der Waals surface area contributed by atoms with Gasteiger partial charge in [-0.1, -0.05) is 0 Å². The molecule has 0 radical (unpaired) electrons. The summed E-state index contributed by atoms with van der Waals surface area (Å²) in [6, 6.07) is 6.12. The van der Waals surface area contributed by atoms with E-state index in [1.165, 1.54) is 12.1 Å². The third-order valence-corrected chi connectivity index (χ3v) is 5.35. The van der Waals surface area contributed by atoms with Crippen molar-refractivity contribution >= 4 is 11.8 Å². The first kappa shape index (κ1) is 18.7. The molecule has 0 bridgehead atoms. The first-order chi connectivity index (χ1) is 13.6. The number of benzene rings is 1. The second-order valence-electron chi connectivity index (χ2n) is 7.57. The van der Waals surface area contributed by atoms with E-state index in [0.717, 1.165) is 44.3 Å². The lowest BCUT2D eigenvalue weighted by atomic mass is 10.0. The summed E-state index contributed by atoms with van der Waals surface area (Å²) in [6.07, 6.45) is 5.96. The van der Waals surface area contributed by atoms with Gasteiger partial charge in [0.2, 0.25) is 11.8 Å². The van der Waals surface area contributed by atoms with Gasteiger partial charge in [-0.05, 0) is 49.9 Å². The minimum atomic E-state index is -0.303. The molecule has 1 aliphatic heterocycles. The van der Waals surface area contributed by atoms with E-state index in [2.05, 4.69) is 10.3 Å². The molecule has 28 heavy (non-hydrogen) atoms. The van der Waals surface area contributed by atoms with Gasteiger partial charge in [-0.3, -0.25) is 9.59 Å². The van der Waals surface area contributed by atoms with Gasteiger partial charge in [0.15, 0.2) is 11.7 Å². The number of rotatable bonds is 6. The fourth-order valence-electron chi connectivity index (χ4n) is 3.53. The van der Waals surface area contributed by atoms with Crippen molar-refractivity contribution in [3.05, 3.63) is 42.2 Å². The Morgan fingerprint density at radius 1 is 1.14 bits per heavy atom. The second-order valence-corrected chi connectivity index (χ2v) is 7.57. The van der Waals surface area contributed by atoms with Crippen molar-refractivity contribution in [3.8, 4) is 11.3 Å². The number of oxazole rings is 1. The fraction of sp³-hybridized carbons (Fsp3) is 0.476. The third kappa shape index (κ3) is 4.58. The van der Waals surface area contributed by atoms with E-state index in [4.69, 9.17) is 4.42 Å². The Balaban J connectivity index is 1.21. The molecule has 1 aromatic carbocycles. The molecule has 4 rings (SSSR count). The molecule has 6 nitrogen and oxygen atoms in total. The number of hydrogen-bond acceptors (Lipinski definition) is 4. The summed E-state index contributed by atoms with van der Waals surface area (Å²) in [5.41, 5.74) is 0.747. The zero-order valence-electron chi connectivity index (χ0n) is 15.7. The largest absolute Gasteiger partial charge is 0.441 e. The molecule has 0 atom stereocenters. The van der Waals surface area contributed by atoms with E-state index < -0.39 is 0 Å².